The minimum atomic E-state index is -0.412. The Morgan fingerprint density at radius 2 is 1.94 bits per heavy atom. The van der Waals surface area contributed by atoms with E-state index in [0.29, 0.717) is 11.4 Å². The maximum atomic E-state index is 11.9. The van der Waals surface area contributed by atoms with Gasteiger partial charge in [-0.1, -0.05) is 6.92 Å². The zero-order valence-electron chi connectivity index (χ0n) is 11.0. The first kappa shape index (κ1) is 14.9. The molecular formula is C13H20N2O2S. The summed E-state index contributed by atoms with van der Waals surface area (Å²) in [6.07, 6.45) is -0.412. The fraction of sp³-hybridized carbons (Fsp3) is 0.462. The van der Waals surface area contributed by atoms with Crippen LogP contribution in [-0.4, -0.2) is 35.2 Å². The molecule has 0 aliphatic rings. The molecule has 0 spiro atoms. The lowest BCUT2D eigenvalue weighted by Gasteiger charge is -2.19. The highest BCUT2D eigenvalue weighted by Gasteiger charge is 2.15. The summed E-state index contributed by atoms with van der Waals surface area (Å²) in [6.45, 7) is 3.64. The molecule has 0 fully saturated rings. The van der Waals surface area contributed by atoms with Crippen LogP contribution in [0.2, 0.25) is 0 Å². The summed E-state index contributed by atoms with van der Waals surface area (Å²) in [5, 5.41) is 9.41. The molecule has 0 aliphatic carbocycles. The zero-order chi connectivity index (χ0) is 13.7. The molecule has 2 unspecified atom stereocenters. The van der Waals surface area contributed by atoms with Gasteiger partial charge in [0.1, 0.15) is 0 Å². The smallest absolute Gasteiger partial charge is 0.236 e. The van der Waals surface area contributed by atoms with Crippen molar-refractivity contribution in [3.8, 4) is 0 Å². The second-order valence-corrected chi connectivity index (χ2v) is 5.67. The van der Waals surface area contributed by atoms with Crippen molar-refractivity contribution in [2.45, 2.75) is 25.2 Å². The Hall–Kier alpha value is -1.20. The number of nitrogens with two attached hydrogens (primary N) is 1. The summed E-state index contributed by atoms with van der Waals surface area (Å²) in [5.41, 5.74) is 7.10. The summed E-state index contributed by atoms with van der Waals surface area (Å²) in [7, 11) is 1.74. The van der Waals surface area contributed by atoms with Gasteiger partial charge in [0.2, 0.25) is 5.91 Å². The van der Waals surface area contributed by atoms with Crippen molar-refractivity contribution < 1.29 is 9.90 Å². The van der Waals surface area contributed by atoms with Crippen LogP contribution in [0.1, 0.15) is 13.8 Å². The molecule has 0 radical (unpaired) electrons. The van der Waals surface area contributed by atoms with Crippen molar-refractivity contribution in [3.63, 3.8) is 0 Å². The summed E-state index contributed by atoms with van der Waals surface area (Å²) < 4.78 is 0. The average Bonchev–Trinajstić information content (AvgIpc) is 2.35. The van der Waals surface area contributed by atoms with Gasteiger partial charge in [-0.25, -0.2) is 0 Å². The fourth-order valence-corrected chi connectivity index (χ4v) is 2.16. The minimum absolute atomic E-state index is 0.0114. The van der Waals surface area contributed by atoms with Crippen LogP contribution in [0.15, 0.2) is 24.3 Å². The van der Waals surface area contributed by atoms with Crippen molar-refractivity contribution in [2.75, 3.05) is 23.4 Å². The molecule has 0 aromatic heterocycles. The van der Waals surface area contributed by atoms with E-state index in [9.17, 15) is 9.90 Å². The van der Waals surface area contributed by atoms with Crippen LogP contribution in [0.5, 0.6) is 0 Å². The SMILES string of the molecule is CC(O)C(C)SCC(=O)N(C)c1ccc(N)cc1. The first-order chi connectivity index (χ1) is 8.41. The van der Waals surface area contributed by atoms with Gasteiger partial charge in [0.25, 0.3) is 0 Å². The van der Waals surface area contributed by atoms with Gasteiger partial charge >= 0.3 is 0 Å². The van der Waals surface area contributed by atoms with Gasteiger partial charge in [-0.05, 0) is 31.2 Å². The van der Waals surface area contributed by atoms with E-state index < -0.39 is 6.10 Å². The number of rotatable bonds is 5. The standard InChI is InChI=1S/C13H20N2O2S/c1-9(16)10(2)18-8-13(17)15(3)12-6-4-11(14)5-7-12/h4-7,9-10,16H,8,14H2,1-3H3. The summed E-state index contributed by atoms with van der Waals surface area (Å²) in [4.78, 5) is 13.5. The van der Waals surface area contributed by atoms with E-state index in [1.165, 1.54) is 11.8 Å². The van der Waals surface area contributed by atoms with E-state index in [-0.39, 0.29) is 11.2 Å². The molecule has 100 valence electrons. The van der Waals surface area contributed by atoms with Crippen LogP contribution >= 0.6 is 11.8 Å². The van der Waals surface area contributed by atoms with E-state index in [4.69, 9.17) is 5.73 Å². The van der Waals surface area contributed by atoms with E-state index in [0.717, 1.165) is 5.69 Å². The molecule has 3 N–H and O–H groups in total. The van der Waals surface area contributed by atoms with Gasteiger partial charge in [-0.2, -0.15) is 0 Å². The number of aliphatic hydroxyl groups is 1. The lowest BCUT2D eigenvalue weighted by molar-refractivity contribution is -0.115. The number of hydrogen-bond acceptors (Lipinski definition) is 4. The molecule has 1 aromatic rings. The highest BCUT2D eigenvalue weighted by atomic mass is 32.2. The van der Waals surface area contributed by atoms with Gasteiger partial charge in [0.15, 0.2) is 0 Å². The van der Waals surface area contributed by atoms with Gasteiger partial charge in [-0.15, -0.1) is 11.8 Å². The largest absolute Gasteiger partial charge is 0.399 e. The number of hydrogen-bond donors (Lipinski definition) is 2. The third kappa shape index (κ3) is 4.23. The minimum Gasteiger partial charge on any atom is -0.399 e. The van der Waals surface area contributed by atoms with E-state index in [1.807, 2.05) is 19.1 Å². The predicted octanol–water partition coefficient (Wildman–Crippen LogP) is 1.73. The molecule has 5 heteroatoms. The number of carbonyl (C=O) groups is 1. The van der Waals surface area contributed by atoms with Crippen LogP contribution in [0, 0.1) is 0 Å². The van der Waals surface area contributed by atoms with Crippen LogP contribution in [-0.2, 0) is 4.79 Å². The first-order valence-electron chi connectivity index (χ1n) is 5.83. The Bertz CT molecular complexity index is 392. The average molecular weight is 268 g/mol. The highest BCUT2D eigenvalue weighted by Crippen LogP contribution is 2.18. The molecule has 18 heavy (non-hydrogen) atoms. The lowest BCUT2D eigenvalue weighted by Crippen LogP contribution is -2.29. The molecule has 0 saturated heterocycles. The molecule has 0 bridgehead atoms. The number of benzene rings is 1. The van der Waals surface area contributed by atoms with E-state index in [1.54, 1.807) is 31.0 Å². The molecule has 0 aliphatic heterocycles. The van der Waals surface area contributed by atoms with Crippen LogP contribution < -0.4 is 10.6 Å². The van der Waals surface area contributed by atoms with Gasteiger partial charge in [0, 0.05) is 23.7 Å². The maximum Gasteiger partial charge on any atom is 0.236 e. The second kappa shape index (κ2) is 6.66. The Morgan fingerprint density at radius 3 is 2.44 bits per heavy atom. The van der Waals surface area contributed by atoms with Gasteiger partial charge < -0.3 is 15.7 Å². The van der Waals surface area contributed by atoms with Crippen LogP contribution in [0.25, 0.3) is 0 Å². The number of amides is 1. The molecule has 4 nitrogen and oxygen atoms in total. The number of nitrogen functional groups attached to an aromatic ring is 1. The molecule has 1 aromatic carbocycles. The second-order valence-electron chi connectivity index (χ2n) is 4.30. The number of thioether (sulfide) groups is 1. The Morgan fingerprint density at radius 1 is 1.39 bits per heavy atom. The molecule has 1 amide bonds. The van der Waals surface area contributed by atoms with E-state index in [2.05, 4.69) is 0 Å². The lowest BCUT2D eigenvalue weighted by atomic mass is 10.2. The summed E-state index contributed by atoms with van der Waals surface area (Å²) in [6, 6.07) is 7.17. The van der Waals surface area contributed by atoms with Gasteiger partial charge in [0.05, 0.1) is 11.9 Å². The monoisotopic (exact) mass is 268 g/mol. The molecule has 1 rings (SSSR count). The quantitative estimate of drug-likeness (QED) is 0.798. The van der Waals surface area contributed by atoms with Gasteiger partial charge in [-0.3, -0.25) is 4.79 Å². The molecule has 0 saturated carbocycles. The maximum absolute atomic E-state index is 11.9. The Labute approximate surface area is 112 Å². The third-order valence-corrected chi connectivity index (χ3v) is 4.14. The highest BCUT2D eigenvalue weighted by molar-refractivity contribution is 8.00. The topological polar surface area (TPSA) is 66.6 Å². The van der Waals surface area contributed by atoms with E-state index >= 15 is 0 Å². The zero-order valence-corrected chi connectivity index (χ0v) is 11.8. The van der Waals surface area contributed by atoms with Crippen molar-refractivity contribution in [2.24, 2.45) is 0 Å². The summed E-state index contributed by atoms with van der Waals surface area (Å²) >= 11 is 1.45. The Balaban J connectivity index is 2.54. The van der Waals surface area contributed by atoms with Crippen LogP contribution in [0.4, 0.5) is 11.4 Å². The van der Waals surface area contributed by atoms with Crippen molar-refractivity contribution in [3.05, 3.63) is 24.3 Å². The predicted molar refractivity (Wildman–Crippen MR) is 77.9 cm³/mol. The first-order valence-corrected chi connectivity index (χ1v) is 6.88. The van der Waals surface area contributed by atoms with Crippen molar-refractivity contribution in [1.82, 2.24) is 0 Å². The molecular weight excluding hydrogens is 248 g/mol. The van der Waals surface area contributed by atoms with Crippen molar-refractivity contribution in [1.29, 1.82) is 0 Å². The number of aliphatic hydroxyl groups excluding tert-OH is 1. The summed E-state index contributed by atoms with van der Waals surface area (Å²) in [5.74, 6) is 0.365. The number of anilines is 2. The molecule has 0 heterocycles. The number of carbonyl (C=O) groups excluding carboxylic acids is 1. The number of nitrogens with zero attached hydrogens (tertiary/aromatic N) is 1. The Kier molecular flexibility index (Phi) is 5.50. The van der Waals surface area contributed by atoms with Crippen LogP contribution in [0.3, 0.4) is 0 Å². The fourth-order valence-electron chi connectivity index (χ4n) is 1.28. The third-order valence-electron chi connectivity index (χ3n) is 2.80. The van der Waals surface area contributed by atoms with Crippen molar-refractivity contribution >= 4 is 29.0 Å². The molecule has 2 atom stereocenters. The normalized spacial score (nSPS) is 14.0.